The van der Waals surface area contributed by atoms with Crippen molar-refractivity contribution in [2.24, 2.45) is 10.9 Å². The van der Waals surface area contributed by atoms with E-state index in [0.29, 0.717) is 18.0 Å². The van der Waals surface area contributed by atoms with Crippen molar-refractivity contribution in [1.29, 1.82) is 0 Å². The van der Waals surface area contributed by atoms with Gasteiger partial charge in [-0.2, -0.15) is 0 Å². The molecule has 2 atom stereocenters. The Morgan fingerprint density at radius 3 is 2.43 bits per heavy atom. The fourth-order valence-corrected chi connectivity index (χ4v) is 3.93. The molecule has 0 bridgehead atoms. The third-order valence-electron chi connectivity index (χ3n) is 5.32. The van der Waals surface area contributed by atoms with E-state index in [2.05, 4.69) is 78.6 Å². The molecule has 1 aliphatic rings. The predicted molar refractivity (Wildman–Crippen MR) is 130 cm³/mol. The summed E-state index contributed by atoms with van der Waals surface area (Å²) in [7, 11) is 1.84. The molecule has 2 N–H and O–H groups in total. The predicted octanol–water partition coefficient (Wildman–Crippen LogP) is 4.06. The highest BCUT2D eigenvalue weighted by atomic mass is 127. The smallest absolute Gasteiger partial charge is 0.191 e. The molecule has 0 aliphatic carbocycles. The minimum absolute atomic E-state index is 0. The number of hydrogen-bond donors (Lipinski definition) is 2. The number of rotatable bonds is 8. The lowest BCUT2D eigenvalue weighted by Gasteiger charge is -2.33. The number of aliphatic imine (C=N–C) groups is 1. The number of nitrogens with one attached hydrogen (secondary N) is 2. The lowest BCUT2D eigenvalue weighted by atomic mass is 9.89. The number of nitrogens with zero attached hydrogens (tertiary/aromatic N) is 2. The Labute approximate surface area is 188 Å². The monoisotopic (exact) mass is 502 g/mol. The Kier molecular flexibility index (Phi) is 12.0. The quantitative estimate of drug-likeness (QED) is 0.320. The van der Waals surface area contributed by atoms with Gasteiger partial charge in [-0.15, -0.1) is 24.0 Å². The fraction of sp³-hybridized carbons (Fsp3) is 0.682. The van der Waals surface area contributed by atoms with Gasteiger partial charge in [0.2, 0.25) is 0 Å². The maximum atomic E-state index is 6.10. The van der Waals surface area contributed by atoms with Crippen LogP contribution in [0.2, 0.25) is 0 Å². The van der Waals surface area contributed by atoms with Crippen LogP contribution < -0.4 is 10.6 Å². The molecule has 0 aromatic heterocycles. The topological polar surface area (TPSA) is 48.9 Å². The fourth-order valence-electron chi connectivity index (χ4n) is 3.93. The van der Waals surface area contributed by atoms with Gasteiger partial charge >= 0.3 is 0 Å². The Morgan fingerprint density at radius 2 is 1.82 bits per heavy atom. The van der Waals surface area contributed by atoms with Crippen molar-refractivity contribution >= 4 is 29.9 Å². The van der Waals surface area contributed by atoms with E-state index in [1.165, 1.54) is 12.0 Å². The van der Waals surface area contributed by atoms with Gasteiger partial charge in [0.05, 0.1) is 6.10 Å². The summed E-state index contributed by atoms with van der Waals surface area (Å²) >= 11 is 0. The van der Waals surface area contributed by atoms with Gasteiger partial charge in [0.1, 0.15) is 0 Å². The van der Waals surface area contributed by atoms with Gasteiger partial charge in [-0.05, 0) is 46.1 Å². The van der Waals surface area contributed by atoms with E-state index in [0.717, 1.165) is 38.6 Å². The molecule has 5 nitrogen and oxygen atoms in total. The largest absolute Gasteiger partial charge is 0.373 e. The molecule has 160 valence electrons. The van der Waals surface area contributed by atoms with Gasteiger partial charge in [-0.1, -0.05) is 30.3 Å². The van der Waals surface area contributed by atoms with Gasteiger partial charge in [0, 0.05) is 51.3 Å². The van der Waals surface area contributed by atoms with E-state index < -0.39 is 0 Å². The minimum atomic E-state index is 0. The zero-order valence-corrected chi connectivity index (χ0v) is 20.5. The van der Waals surface area contributed by atoms with Gasteiger partial charge in [-0.3, -0.25) is 9.89 Å². The summed E-state index contributed by atoms with van der Waals surface area (Å²) in [4.78, 5) is 6.88. The minimum Gasteiger partial charge on any atom is -0.373 e. The summed E-state index contributed by atoms with van der Waals surface area (Å²) in [6, 6.07) is 11.7. The molecule has 6 heteroatoms. The van der Waals surface area contributed by atoms with Gasteiger partial charge in [0.15, 0.2) is 5.96 Å². The first-order valence-corrected chi connectivity index (χ1v) is 10.4. The van der Waals surface area contributed by atoms with Gasteiger partial charge in [0.25, 0.3) is 0 Å². The molecule has 2 unspecified atom stereocenters. The standard InChI is InChI=1S/C22H38N4O.HI/c1-17(2)26(18(3)4)14-13-24-22(23-5)25-16-20-12-9-15-27-21(20)19-10-7-6-8-11-19;/h6-8,10-11,17-18,20-21H,9,12-16H2,1-5H3,(H2,23,24,25);1H. The highest BCUT2D eigenvalue weighted by Gasteiger charge is 2.27. The average Bonchev–Trinajstić information content (AvgIpc) is 2.67. The van der Waals surface area contributed by atoms with Crippen molar-refractivity contribution in [3.63, 3.8) is 0 Å². The van der Waals surface area contributed by atoms with E-state index in [1.807, 2.05) is 7.05 Å². The second-order valence-corrected chi connectivity index (χ2v) is 7.91. The van der Waals surface area contributed by atoms with Crippen molar-refractivity contribution in [2.45, 2.75) is 58.7 Å². The summed E-state index contributed by atoms with van der Waals surface area (Å²) in [5.41, 5.74) is 1.27. The second-order valence-electron chi connectivity index (χ2n) is 7.91. The number of benzene rings is 1. The zero-order chi connectivity index (χ0) is 19.6. The molecule has 1 saturated heterocycles. The second kappa shape index (κ2) is 13.4. The third kappa shape index (κ3) is 7.87. The molecule has 1 aromatic carbocycles. The first kappa shape index (κ1) is 25.2. The summed E-state index contributed by atoms with van der Waals surface area (Å²) < 4.78 is 6.10. The SMILES string of the molecule is CN=C(NCCN(C(C)C)C(C)C)NCC1CCCOC1c1ccccc1.I. The molecular weight excluding hydrogens is 463 g/mol. The lowest BCUT2D eigenvalue weighted by Crippen LogP contribution is -2.46. The Hall–Kier alpha value is -0.860. The maximum absolute atomic E-state index is 6.10. The van der Waals surface area contributed by atoms with Gasteiger partial charge in [-0.25, -0.2) is 0 Å². The summed E-state index contributed by atoms with van der Waals surface area (Å²) in [6.07, 6.45) is 2.47. The Morgan fingerprint density at radius 1 is 1.14 bits per heavy atom. The normalized spacial score (nSPS) is 20.4. The molecule has 0 radical (unpaired) electrons. The number of halogens is 1. The van der Waals surface area contributed by atoms with Gasteiger partial charge < -0.3 is 15.4 Å². The van der Waals surface area contributed by atoms with E-state index in [9.17, 15) is 0 Å². The van der Waals surface area contributed by atoms with E-state index >= 15 is 0 Å². The highest BCUT2D eigenvalue weighted by molar-refractivity contribution is 14.0. The molecule has 1 fully saturated rings. The zero-order valence-electron chi connectivity index (χ0n) is 18.1. The van der Waals surface area contributed by atoms with Crippen LogP contribution in [0.5, 0.6) is 0 Å². The van der Waals surface area contributed by atoms with Crippen molar-refractivity contribution in [3.8, 4) is 0 Å². The number of ether oxygens (including phenoxy) is 1. The van der Waals surface area contributed by atoms with Crippen LogP contribution in [0, 0.1) is 5.92 Å². The van der Waals surface area contributed by atoms with Crippen molar-refractivity contribution in [2.75, 3.05) is 33.3 Å². The van der Waals surface area contributed by atoms with Crippen LogP contribution >= 0.6 is 24.0 Å². The molecule has 0 amide bonds. The average molecular weight is 502 g/mol. The molecule has 0 spiro atoms. The maximum Gasteiger partial charge on any atom is 0.191 e. The Balaban J connectivity index is 0.00000392. The van der Waals surface area contributed by atoms with Crippen LogP contribution in [0.15, 0.2) is 35.3 Å². The van der Waals surface area contributed by atoms with Crippen molar-refractivity contribution in [1.82, 2.24) is 15.5 Å². The van der Waals surface area contributed by atoms with Crippen LogP contribution in [-0.2, 0) is 4.74 Å². The number of guanidine groups is 1. The molecule has 0 saturated carbocycles. The molecule has 1 aromatic rings. The Bertz CT molecular complexity index is 557. The van der Waals surface area contributed by atoms with Crippen LogP contribution in [-0.4, -0.2) is 56.2 Å². The molecule has 28 heavy (non-hydrogen) atoms. The molecular formula is C22H39IN4O. The molecule has 1 aliphatic heterocycles. The van der Waals surface area contributed by atoms with Crippen molar-refractivity contribution < 1.29 is 4.74 Å². The van der Waals surface area contributed by atoms with Crippen LogP contribution in [0.4, 0.5) is 0 Å². The van der Waals surface area contributed by atoms with Crippen LogP contribution in [0.25, 0.3) is 0 Å². The van der Waals surface area contributed by atoms with E-state index in [1.54, 1.807) is 0 Å². The van der Waals surface area contributed by atoms with E-state index in [-0.39, 0.29) is 30.1 Å². The van der Waals surface area contributed by atoms with Crippen molar-refractivity contribution in [3.05, 3.63) is 35.9 Å². The lowest BCUT2D eigenvalue weighted by molar-refractivity contribution is -0.0265. The summed E-state index contributed by atoms with van der Waals surface area (Å²) in [6.45, 7) is 12.6. The third-order valence-corrected chi connectivity index (χ3v) is 5.32. The van der Waals surface area contributed by atoms with Crippen LogP contribution in [0.3, 0.4) is 0 Å². The van der Waals surface area contributed by atoms with Crippen LogP contribution in [0.1, 0.15) is 52.2 Å². The first-order valence-electron chi connectivity index (χ1n) is 10.4. The summed E-state index contributed by atoms with van der Waals surface area (Å²) in [5, 5.41) is 6.97. The highest BCUT2D eigenvalue weighted by Crippen LogP contribution is 2.32. The van der Waals surface area contributed by atoms with E-state index in [4.69, 9.17) is 4.74 Å². The molecule has 2 rings (SSSR count). The number of hydrogen-bond acceptors (Lipinski definition) is 3. The molecule has 1 heterocycles. The first-order chi connectivity index (χ1) is 13.0. The summed E-state index contributed by atoms with van der Waals surface area (Å²) in [5.74, 6) is 1.34.